The van der Waals surface area contributed by atoms with Gasteiger partial charge in [-0.3, -0.25) is 0 Å². The first-order valence-corrected chi connectivity index (χ1v) is 7.40. The van der Waals surface area contributed by atoms with Crippen LogP contribution in [0.2, 0.25) is 0 Å². The van der Waals surface area contributed by atoms with Gasteiger partial charge in [0.05, 0.1) is 31.3 Å². The van der Waals surface area contributed by atoms with E-state index in [1.165, 1.54) is 26.4 Å². The average molecular weight is 333 g/mol. The van der Waals surface area contributed by atoms with Crippen molar-refractivity contribution in [1.29, 1.82) is 0 Å². The number of halogens is 1. The van der Waals surface area contributed by atoms with Crippen molar-refractivity contribution in [2.24, 2.45) is 0 Å². The zero-order valence-corrected chi connectivity index (χ0v) is 14.3. The molecule has 1 aromatic rings. The molecule has 2 rings (SSSR count). The van der Waals surface area contributed by atoms with Crippen LogP contribution in [0.4, 0.5) is 4.39 Å². The van der Waals surface area contributed by atoms with E-state index in [4.69, 9.17) is 9.47 Å². The van der Waals surface area contributed by atoms with Crippen LogP contribution in [-0.2, 0) is 19.1 Å². The molecule has 0 aromatic heterocycles. The minimum Gasteiger partial charge on any atom is -0.466 e. The monoisotopic (exact) mass is 333 g/mol. The third-order valence-electron chi connectivity index (χ3n) is 4.38. The third kappa shape index (κ3) is 2.91. The van der Waals surface area contributed by atoms with Gasteiger partial charge in [0.2, 0.25) is 0 Å². The van der Waals surface area contributed by atoms with Gasteiger partial charge in [0.15, 0.2) is 0 Å². The smallest absolute Gasteiger partial charge is 0.336 e. The van der Waals surface area contributed by atoms with Gasteiger partial charge in [0, 0.05) is 18.4 Å². The molecule has 128 valence electrons. The van der Waals surface area contributed by atoms with E-state index >= 15 is 0 Å². The molecule has 5 nitrogen and oxygen atoms in total. The van der Waals surface area contributed by atoms with Crippen LogP contribution in [-0.4, -0.2) is 38.1 Å². The number of nitrogens with zero attached hydrogens (tertiary/aromatic N) is 1. The quantitative estimate of drug-likeness (QED) is 0.796. The minimum absolute atomic E-state index is 0.331. The van der Waals surface area contributed by atoms with E-state index in [1.807, 2.05) is 0 Å². The van der Waals surface area contributed by atoms with Crippen LogP contribution in [0.1, 0.15) is 25.3 Å². The Hall–Kier alpha value is -2.63. The van der Waals surface area contributed by atoms with Crippen molar-refractivity contribution >= 4 is 11.9 Å². The van der Waals surface area contributed by atoms with E-state index in [0.29, 0.717) is 28.1 Å². The number of esters is 2. The molecule has 0 N–H and O–H groups in total. The highest BCUT2D eigenvalue weighted by Gasteiger charge is 2.39. The van der Waals surface area contributed by atoms with Crippen LogP contribution < -0.4 is 0 Å². The fourth-order valence-corrected chi connectivity index (χ4v) is 2.91. The third-order valence-corrected chi connectivity index (χ3v) is 4.38. The van der Waals surface area contributed by atoms with Crippen LogP contribution in [0.3, 0.4) is 0 Å². The molecule has 0 atom stereocenters. The summed E-state index contributed by atoms with van der Waals surface area (Å²) in [5.74, 6) is -2.15. The summed E-state index contributed by atoms with van der Waals surface area (Å²) in [4.78, 5) is 26.5. The minimum atomic E-state index is -0.679. The van der Waals surface area contributed by atoms with E-state index in [9.17, 15) is 14.0 Å². The first kappa shape index (κ1) is 17.7. The standard InChI is InChI=1S/C18H20FNO4/c1-10-14(17(21)23-4)16(12-6-8-13(19)9-7-12)15(18(22)24-5)11(2)20(10)3/h6-9,16H,1-5H3. The lowest BCUT2D eigenvalue weighted by Gasteiger charge is -2.35. The van der Waals surface area contributed by atoms with E-state index in [1.54, 1.807) is 37.9 Å². The molecule has 0 aliphatic carbocycles. The molecule has 0 fully saturated rings. The molecule has 1 heterocycles. The Morgan fingerprint density at radius 3 is 1.75 bits per heavy atom. The number of benzene rings is 1. The predicted octanol–water partition coefficient (Wildman–Crippen LogP) is 2.75. The second-order valence-electron chi connectivity index (χ2n) is 5.52. The van der Waals surface area contributed by atoms with Crippen molar-refractivity contribution in [2.45, 2.75) is 19.8 Å². The molecule has 24 heavy (non-hydrogen) atoms. The fraction of sp³-hybridized carbons (Fsp3) is 0.333. The molecule has 1 aromatic carbocycles. The largest absolute Gasteiger partial charge is 0.466 e. The highest BCUT2D eigenvalue weighted by Crippen LogP contribution is 2.42. The molecule has 1 aliphatic heterocycles. The van der Waals surface area contributed by atoms with Gasteiger partial charge in [0.25, 0.3) is 0 Å². The molecule has 0 spiro atoms. The Morgan fingerprint density at radius 1 is 0.958 bits per heavy atom. The molecule has 0 saturated carbocycles. The number of carbonyl (C=O) groups is 2. The fourth-order valence-electron chi connectivity index (χ4n) is 2.91. The topological polar surface area (TPSA) is 55.8 Å². The summed E-state index contributed by atoms with van der Waals surface area (Å²) in [6.07, 6.45) is 0. The van der Waals surface area contributed by atoms with Crippen LogP contribution in [0, 0.1) is 5.82 Å². The Balaban J connectivity index is 2.74. The van der Waals surface area contributed by atoms with Crippen molar-refractivity contribution in [1.82, 2.24) is 4.90 Å². The lowest BCUT2D eigenvalue weighted by Crippen LogP contribution is -2.33. The summed E-state index contributed by atoms with van der Waals surface area (Å²) in [5.41, 5.74) is 2.61. The van der Waals surface area contributed by atoms with Gasteiger partial charge in [-0.2, -0.15) is 0 Å². The molecular formula is C18H20FNO4. The SMILES string of the molecule is COC(=O)C1=C(C)N(C)C(C)=C(C(=O)OC)C1c1ccc(F)cc1. The Labute approximate surface area is 140 Å². The Kier molecular flexibility index (Phi) is 5.07. The van der Waals surface area contributed by atoms with Gasteiger partial charge in [-0.05, 0) is 31.5 Å². The van der Waals surface area contributed by atoms with E-state index in [-0.39, 0.29) is 0 Å². The van der Waals surface area contributed by atoms with Gasteiger partial charge < -0.3 is 14.4 Å². The van der Waals surface area contributed by atoms with Gasteiger partial charge >= 0.3 is 11.9 Å². The highest BCUT2D eigenvalue weighted by molar-refractivity contribution is 5.99. The number of carbonyl (C=O) groups excluding carboxylic acids is 2. The van der Waals surface area contributed by atoms with Crippen LogP contribution in [0.25, 0.3) is 0 Å². The van der Waals surface area contributed by atoms with Gasteiger partial charge in [-0.1, -0.05) is 12.1 Å². The summed E-state index contributed by atoms with van der Waals surface area (Å²) in [5, 5.41) is 0. The van der Waals surface area contributed by atoms with Crippen molar-refractivity contribution < 1.29 is 23.5 Å². The number of hydrogen-bond acceptors (Lipinski definition) is 5. The van der Waals surface area contributed by atoms with Crippen LogP contribution in [0.15, 0.2) is 46.8 Å². The second kappa shape index (κ2) is 6.86. The average Bonchev–Trinajstić information content (AvgIpc) is 2.59. The lowest BCUT2D eigenvalue weighted by atomic mass is 9.80. The van der Waals surface area contributed by atoms with Gasteiger partial charge in [0.1, 0.15) is 5.82 Å². The first-order chi connectivity index (χ1) is 11.3. The molecule has 0 bridgehead atoms. The molecule has 0 unspecified atom stereocenters. The summed E-state index contributed by atoms with van der Waals surface area (Å²) >= 11 is 0. The number of hydrogen-bond donors (Lipinski definition) is 0. The molecule has 0 radical (unpaired) electrons. The molecular weight excluding hydrogens is 313 g/mol. The zero-order chi connectivity index (χ0) is 18.0. The summed E-state index contributed by atoms with van der Waals surface area (Å²) in [7, 11) is 4.33. The maximum Gasteiger partial charge on any atom is 0.336 e. The van der Waals surface area contributed by atoms with Gasteiger partial charge in [-0.25, -0.2) is 14.0 Å². The summed E-state index contributed by atoms with van der Waals surface area (Å²) < 4.78 is 23.1. The Morgan fingerprint density at radius 2 is 1.38 bits per heavy atom. The number of allylic oxidation sites excluding steroid dienone is 2. The number of ether oxygens (including phenoxy) is 2. The zero-order valence-electron chi connectivity index (χ0n) is 14.3. The van der Waals surface area contributed by atoms with E-state index < -0.39 is 23.7 Å². The van der Waals surface area contributed by atoms with Crippen LogP contribution >= 0.6 is 0 Å². The number of rotatable bonds is 3. The van der Waals surface area contributed by atoms with E-state index in [0.717, 1.165) is 0 Å². The summed E-state index contributed by atoms with van der Waals surface area (Å²) in [6.45, 7) is 3.56. The van der Waals surface area contributed by atoms with E-state index in [2.05, 4.69) is 0 Å². The molecule has 0 saturated heterocycles. The van der Waals surface area contributed by atoms with Gasteiger partial charge in [-0.15, -0.1) is 0 Å². The van der Waals surface area contributed by atoms with Crippen molar-refractivity contribution in [3.63, 3.8) is 0 Å². The molecule has 0 amide bonds. The Bertz CT molecular complexity index is 694. The van der Waals surface area contributed by atoms with Crippen molar-refractivity contribution in [3.8, 4) is 0 Å². The first-order valence-electron chi connectivity index (χ1n) is 7.40. The molecule has 1 aliphatic rings. The lowest BCUT2D eigenvalue weighted by molar-refractivity contribution is -0.137. The van der Waals surface area contributed by atoms with Crippen LogP contribution in [0.5, 0.6) is 0 Å². The number of methoxy groups -OCH3 is 2. The maximum atomic E-state index is 13.3. The van der Waals surface area contributed by atoms with Crippen molar-refractivity contribution in [2.75, 3.05) is 21.3 Å². The second-order valence-corrected chi connectivity index (χ2v) is 5.52. The maximum absolute atomic E-state index is 13.3. The normalized spacial score (nSPS) is 15.7. The highest BCUT2D eigenvalue weighted by atomic mass is 19.1. The summed E-state index contributed by atoms with van der Waals surface area (Å²) in [6, 6.07) is 5.69. The van der Waals surface area contributed by atoms with Crippen molar-refractivity contribution in [3.05, 3.63) is 58.2 Å². The predicted molar refractivity (Wildman–Crippen MR) is 86.3 cm³/mol. The molecule has 6 heteroatoms.